The van der Waals surface area contributed by atoms with Crippen LogP contribution in [-0.2, 0) is 0 Å². The van der Waals surface area contributed by atoms with Crippen LogP contribution in [0.1, 0.15) is 43.6 Å². The quantitative estimate of drug-likeness (QED) is 0.598. The van der Waals surface area contributed by atoms with Crippen LogP contribution in [0.5, 0.6) is 5.75 Å². The number of Topliss-reactive ketones (excluding diaryl/α,β-unsaturated/α-hetero) is 1. The first kappa shape index (κ1) is 13.8. The molecule has 3 heteroatoms. The molecule has 2 atom stereocenters. The van der Waals surface area contributed by atoms with E-state index in [-0.39, 0.29) is 5.78 Å². The van der Waals surface area contributed by atoms with E-state index in [9.17, 15) is 4.79 Å². The summed E-state index contributed by atoms with van der Waals surface area (Å²) >= 11 is 0. The molecule has 0 aromatic carbocycles. The van der Waals surface area contributed by atoms with E-state index in [2.05, 4.69) is 24.1 Å². The number of carbonyl (C=O) groups excluding carboxylic acids is 1. The van der Waals surface area contributed by atoms with E-state index in [0.717, 1.165) is 18.6 Å². The van der Waals surface area contributed by atoms with Gasteiger partial charge < -0.3 is 4.74 Å². The highest BCUT2D eigenvalue weighted by Gasteiger charge is 2.18. The Balaban J connectivity index is 1.89. The van der Waals surface area contributed by atoms with E-state index in [0.29, 0.717) is 30.6 Å². The first-order chi connectivity index (χ1) is 9.20. The van der Waals surface area contributed by atoms with Gasteiger partial charge in [0.05, 0.1) is 12.8 Å². The van der Waals surface area contributed by atoms with Gasteiger partial charge in [-0.05, 0) is 36.8 Å². The largest absolute Gasteiger partial charge is 0.492 e. The summed E-state index contributed by atoms with van der Waals surface area (Å²) in [5, 5.41) is 0. The zero-order valence-electron chi connectivity index (χ0n) is 11.6. The summed E-state index contributed by atoms with van der Waals surface area (Å²) < 4.78 is 5.78. The lowest BCUT2D eigenvalue weighted by atomic mass is 9.85. The van der Waals surface area contributed by atoms with Crippen LogP contribution in [0.25, 0.3) is 0 Å². The molecular formula is C16H21NO2. The number of carbonyl (C=O) groups is 1. The van der Waals surface area contributed by atoms with Crippen molar-refractivity contribution in [2.45, 2.75) is 33.1 Å². The van der Waals surface area contributed by atoms with Crippen LogP contribution in [0.3, 0.4) is 0 Å². The summed E-state index contributed by atoms with van der Waals surface area (Å²) in [5.41, 5.74) is 0.517. The van der Waals surface area contributed by atoms with Crippen molar-refractivity contribution in [3.8, 4) is 5.75 Å². The summed E-state index contributed by atoms with van der Waals surface area (Å²) in [6, 6.07) is 3.57. The van der Waals surface area contributed by atoms with Crippen molar-refractivity contribution in [2.75, 3.05) is 6.61 Å². The van der Waals surface area contributed by atoms with Crippen molar-refractivity contribution in [3.63, 3.8) is 0 Å². The summed E-state index contributed by atoms with van der Waals surface area (Å²) in [4.78, 5) is 15.6. The van der Waals surface area contributed by atoms with Crippen molar-refractivity contribution in [1.29, 1.82) is 0 Å². The molecule has 1 aromatic heterocycles. The maximum Gasteiger partial charge on any atom is 0.180 e. The molecule has 0 saturated heterocycles. The van der Waals surface area contributed by atoms with Crippen molar-refractivity contribution in [3.05, 3.63) is 36.2 Å². The summed E-state index contributed by atoms with van der Waals surface area (Å²) in [5.74, 6) is 2.05. The first-order valence-corrected chi connectivity index (χ1v) is 6.97. The standard InChI is InChI=1S/C16H21NO2/c1-3-16(18)15-9-8-14(10-17-15)19-11-13-7-5-4-6-12(13)2/h4-5,8-10,12-13H,3,6-7,11H2,1-2H3. The summed E-state index contributed by atoms with van der Waals surface area (Å²) in [7, 11) is 0. The lowest BCUT2D eigenvalue weighted by Crippen LogP contribution is -2.21. The highest BCUT2D eigenvalue weighted by Crippen LogP contribution is 2.25. The second kappa shape index (κ2) is 6.50. The number of nitrogens with zero attached hydrogens (tertiary/aromatic N) is 1. The van der Waals surface area contributed by atoms with Gasteiger partial charge in [0.25, 0.3) is 0 Å². The molecule has 0 fully saturated rings. The van der Waals surface area contributed by atoms with Gasteiger partial charge >= 0.3 is 0 Å². The van der Waals surface area contributed by atoms with Gasteiger partial charge in [0.1, 0.15) is 11.4 Å². The summed E-state index contributed by atoms with van der Waals surface area (Å²) in [6.07, 6.45) is 8.83. The number of rotatable bonds is 5. The lowest BCUT2D eigenvalue weighted by molar-refractivity contribution is 0.0983. The molecule has 0 N–H and O–H groups in total. The Morgan fingerprint density at radius 1 is 1.37 bits per heavy atom. The maximum absolute atomic E-state index is 11.5. The van der Waals surface area contributed by atoms with Gasteiger partial charge in [-0.3, -0.25) is 4.79 Å². The molecule has 0 spiro atoms. The molecule has 2 rings (SSSR count). The van der Waals surface area contributed by atoms with E-state index >= 15 is 0 Å². The molecule has 19 heavy (non-hydrogen) atoms. The highest BCUT2D eigenvalue weighted by molar-refractivity contribution is 5.93. The Morgan fingerprint density at radius 2 is 2.16 bits per heavy atom. The van der Waals surface area contributed by atoms with Gasteiger partial charge in [-0.2, -0.15) is 0 Å². The molecule has 1 aromatic rings. The molecule has 1 aliphatic rings. The molecule has 0 bridgehead atoms. The molecule has 0 aliphatic heterocycles. The van der Waals surface area contributed by atoms with Crippen LogP contribution in [0.4, 0.5) is 0 Å². The Bertz CT molecular complexity index is 450. The molecule has 0 amide bonds. The minimum atomic E-state index is 0.0672. The second-order valence-corrected chi connectivity index (χ2v) is 5.15. The fourth-order valence-corrected chi connectivity index (χ4v) is 2.25. The van der Waals surface area contributed by atoms with Crippen LogP contribution >= 0.6 is 0 Å². The number of aromatic nitrogens is 1. The molecule has 3 nitrogen and oxygen atoms in total. The third kappa shape index (κ3) is 3.66. The number of ether oxygens (including phenoxy) is 1. The lowest BCUT2D eigenvalue weighted by Gasteiger charge is -2.25. The minimum Gasteiger partial charge on any atom is -0.492 e. The van der Waals surface area contributed by atoms with Crippen LogP contribution in [0, 0.1) is 11.8 Å². The zero-order valence-corrected chi connectivity index (χ0v) is 11.6. The molecular weight excluding hydrogens is 238 g/mol. The number of ketones is 1. The molecule has 1 heterocycles. The highest BCUT2D eigenvalue weighted by atomic mass is 16.5. The smallest absolute Gasteiger partial charge is 0.180 e. The minimum absolute atomic E-state index is 0.0672. The van der Waals surface area contributed by atoms with Crippen molar-refractivity contribution in [2.24, 2.45) is 11.8 Å². The topological polar surface area (TPSA) is 39.2 Å². The van der Waals surface area contributed by atoms with Gasteiger partial charge in [-0.1, -0.05) is 26.0 Å². The van der Waals surface area contributed by atoms with Gasteiger partial charge in [-0.15, -0.1) is 0 Å². The number of hydrogen-bond acceptors (Lipinski definition) is 3. The third-order valence-electron chi connectivity index (χ3n) is 3.73. The maximum atomic E-state index is 11.5. The normalized spacial score (nSPS) is 22.2. The average molecular weight is 259 g/mol. The van der Waals surface area contributed by atoms with Gasteiger partial charge in [0.2, 0.25) is 0 Å². The van der Waals surface area contributed by atoms with Gasteiger partial charge in [-0.25, -0.2) is 4.98 Å². The predicted octanol–water partition coefficient (Wildman–Crippen LogP) is 3.66. The number of allylic oxidation sites excluding steroid dienone is 2. The van der Waals surface area contributed by atoms with E-state index in [1.54, 1.807) is 12.3 Å². The number of pyridine rings is 1. The van der Waals surface area contributed by atoms with Crippen molar-refractivity contribution >= 4 is 5.78 Å². The van der Waals surface area contributed by atoms with Crippen LogP contribution < -0.4 is 4.74 Å². The Labute approximate surface area is 114 Å². The van der Waals surface area contributed by atoms with E-state index in [4.69, 9.17) is 4.74 Å². The molecule has 0 radical (unpaired) electrons. The SMILES string of the molecule is CCC(=O)c1ccc(OCC2CC=CCC2C)cn1. The van der Waals surface area contributed by atoms with Gasteiger partial charge in [0.15, 0.2) is 5.78 Å². The molecule has 1 aliphatic carbocycles. The Morgan fingerprint density at radius 3 is 2.79 bits per heavy atom. The third-order valence-corrected chi connectivity index (χ3v) is 3.73. The summed E-state index contributed by atoms with van der Waals surface area (Å²) in [6.45, 7) is 4.82. The van der Waals surface area contributed by atoms with E-state index in [1.165, 1.54) is 0 Å². The first-order valence-electron chi connectivity index (χ1n) is 6.97. The number of hydrogen-bond donors (Lipinski definition) is 0. The van der Waals surface area contributed by atoms with Crippen LogP contribution in [0.2, 0.25) is 0 Å². The predicted molar refractivity (Wildman–Crippen MR) is 75.4 cm³/mol. The Hall–Kier alpha value is -1.64. The average Bonchev–Trinajstić information content (AvgIpc) is 2.46. The van der Waals surface area contributed by atoms with Crippen molar-refractivity contribution < 1.29 is 9.53 Å². The molecule has 0 saturated carbocycles. The zero-order chi connectivity index (χ0) is 13.7. The fourth-order valence-electron chi connectivity index (χ4n) is 2.25. The van der Waals surface area contributed by atoms with Crippen LogP contribution in [0.15, 0.2) is 30.5 Å². The van der Waals surface area contributed by atoms with E-state index < -0.39 is 0 Å². The van der Waals surface area contributed by atoms with Crippen LogP contribution in [-0.4, -0.2) is 17.4 Å². The molecule has 2 unspecified atom stereocenters. The van der Waals surface area contributed by atoms with Gasteiger partial charge in [0, 0.05) is 6.42 Å². The fraction of sp³-hybridized carbons (Fsp3) is 0.500. The monoisotopic (exact) mass is 259 g/mol. The van der Waals surface area contributed by atoms with Crippen molar-refractivity contribution in [1.82, 2.24) is 4.98 Å². The van der Waals surface area contributed by atoms with E-state index in [1.807, 2.05) is 13.0 Å². The Kier molecular flexibility index (Phi) is 4.72. The second-order valence-electron chi connectivity index (χ2n) is 5.15. The molecule has 102 valence electrons.